The van der Waals surface area contributed by atoms with Crippen molar-refractivity contribution in [3.63, 3.8) is 0 Å². The van der Waals surface area contributed by atoms with Gasteiger partial charge in [-0.1, -0.05) is 50.3 Å². The largest absolute Gasteiger partial charge is 0.394 e. The Bertz CT molecular complexity index is 540. The van der Waals surface area contributed by atoms with Crippen molar-refractivity contribution in [2.75, 3.05) is 13.7 Å². The Morgan fingerprint density at radius 1 is 1.62 bits per heavy atom. The van der Waals surface area contributed by atoms with Crippen LogP contribution in [0, 0.1) is 0 Å². The first-order valence-electron chi connectivity index (χ1n) is 6.83. The lowest BCUT2D eigenvalue weighted by atomic mass is 10.1. The van der Waals surface area contributed by atoms with Gasteiger partial charge in [-0.25, -0.2) is 4.79 Å². The van der Waals surface area contributed by atoms with E-state index in [0.29, 0.717) is 6.29 Å². The zero-order chi connectivity index (χ0) is 18.3. The second-order valence-electron chi connectivity index (χ2n) is 4.81. The molecular formula is C12H17I2N5O5. The molecule has 1 aliphatic heterocycles. The zero-order valence-corrected chi connectivity index (χ0v) is 16.9. The van der Waals surface area contributed by atoms with E-state index < -0.39 is 37.1 Å². The molecule has 0 aliphatic carbocycles. The van der Waals surface area contributed by atoms with Gasteiger partial charge in [0.05, 0.1) is 20.7 Å². The van der Waals surface area contributed by atoms with Crippen LogP contribution in [-0.4, -0.2) is 67.5 Å². The molecular weight excluding hydrogens is 548 g/mol. The van der Waals surface area contributed by atoms with E-state index in [1.807, 2.05) is 45.2 Å². The summed E-state index contributed by atoms with van der Waals surface area (Å²) < 4.78 is 5.23. The molecule has 0 aromatic heterocycles. The number of hydrogen-bond acceptors (Lipinski definition) is 6. The van der Waals surface area contributed by atoms with Crippen LogP contribution in [0.25, 0.3) is 10.4 Å². The van der Waals surface area contributed by atoms with E-state index in [0.717, 1.165) is 4.90 Å². The van der Waals surface area contributed by atoms with Crippen LogP contribution in [0.1, 0.15) is 6.42 Å². The lowest BCUT2D eigenvalue weighted by Crippen LogP contribution is -2.42. The lowest BCUT2D eigenvalue weighted by molar-refractivity contribution is -0.105. The van der Waals surface area contributed by atoms with Crippen molar-refractivity contribution in [3.8, 4) is 0 Å². The topological polar surface area (TPSA) is 148 Å². The number of amides is 2. The SMILES string of the molecule is CNC(=O)N(/C=C(\C=O)[C@@H](N=[N+]=[N-])C(I)I)[C@H]1C[C@H](O)[C@@H](CO)O1. The maximum atomic E-state index is 12.1. The maximum Gasteiger partial charge on any atom is 0.323 e. The molecule has 0 spiro atoms. The molecule has 0 unspecified atom stereocenters. The molecule has 0 bridgehead atoms. The number of carbonyl (C=O) groups is 2. The first-order valence-corrected chi connectivity index (χ1v) is 9.32. The highest BCUT2D eigenvalue weighted by Crippen LogP contribution is 2.27. The maximum absolute atomic E-state index is 12.1. The number of aldehydes is 1. The van der Waals surface area contributed by atoms with Crippen molar-refractivity contribution in [1.82, 2.24) is 10.2 Å². The molecule has 0 radical (unpaired) electrons. The number of nitrogens with zero attached hydrogens (tertiary/aromatic N) is 4. The van der Waals surface area contributed by atoms with E-state index in [-0.39, 0.29) is 13.9 Å². The Kier molecular flexibility index (Phi) is 9.22. The predicted octanol–water partition coefficient (Wildman–Crippen LogP) is 1.05. The molecule has 24 heavy (non-hydrogen) atoms. The van der Waals surface area contributed by atoms with Crippen LogP contribution in [0.4, 0.5) is 4.79 Å². The summed E-state index contributed by atoms with van der Waals surface area (Å²) in [7, 11) is 1.41. The van der Waals surface area contributed by atoms with Gasteiger partial charge < -0.3 is 20.3 Å². The standard InChI is InChI=1S/C12H17I2N5O5/c1-16-12(23)19(9-2-7(22)8(5-21)24-9)3-6(4-20)10(11(13)14)17-18-15/h3-4,7-11,21-22H,2,5H2,1H3,(H,16,23)/b6-3+/t7-,8+,9+,10+/m0/s1. The molecule has 4 atom stereocenters. The molecule has 1 fully saturated rings. The molecule has 3 N–H and O–H groups in total. The molecule has 1 heterocycles. The third kappa shape index (κ3) is 5.42. The van der Waals surface area contributed by atoms with Crippen molar-refractivity contribution < 1.29 is 24.5 Å². The number of halogens is 2. The minimum Gasteiger partial charge on any atom is -0.394 e. The minimum atomic E-state index is -0.935. The highest BCUT2D eigenvalue weighted by Gasteiger charge is 2.38. The second kappa shape index (κ2) is 10.4. The van der Waals surface area contributed by atoms with Crippen molar-refractivity contribution in [2.24, 2.45) is 5.11 Å². The summed E-state index contributed by atoms with van der Waals surface area (Å²) in [6.07, 6.45) is -0.784. The summed E-state index contributed by atoms with van der Waals surface area (Å²) in [6, 6.07) is -1.34. The average molecular weight is 565 g/mol. The smallest absolute Gasteiger partial charge is 0.323 e. The summed E-state index contributed by atoms with van der Waals surface area (Å²) in [6.45, 7) is -0.394. The van der Waals surface area contributed by atoms with Gasteiger partial charge >= 0.3 is 6.03 Å². The Morgan fingerprint density at radius 3 is 2.71 bits per heavy atom. The van der Waals surface area contributed by atoms with E-state index in [2.05, 4.69) is 15.3 Å². The van der Waals surface area contributed by atoms with Crippen molar-refractivity contribution >= 4 is 57.5 Å². The van der Waals surface area contributed by atoms with Crippen LogP contribution < -0.4 is 5.32 Å². The van der Waals surface area contributed by atoms with Crippen LogP contribution in [0.15, 0.2) is 16.9 Å². The summed E-state index contributed by atoms with van der Waals surface area (Å²) in [5.74, 6) is 0. The number of aliphatic hydroxyl groups is 2. The summed E-state index contributed by atoms with van der Waals surface area (Å²) >= 11 is 4.00. The van der Waals surface area contributed by atoms with Gasteiger partial charge in [-0.15, -0.1) is 0 Å². The third-order valence-corrected chi connectivity index (χ3v) is 4.69. The number of nitrogens with one attached hydrogen (secondary N) is 1. The van der Waals surface area contributed by atoms with E-state index in [4.69, 9.17) is 15.4 Å². The van der Waals surface area contributed by atoms with E-state index in [1.54, 1.807) is 0 Å². The fourth-order valence-electron chi connectivity index (χ4n) is 2.11. The highest BCUT2D eigenvalue weighted by atomic mass is 127. The van der Waals surface area contributed by atoms with E-state index in [1.165, 1.54) is 13.2 Å². The molecule has 0 aromatic carbocycles. The average Bonchev–Trinajstić information content (AvgIpc) is 2.94. The number of alkyl halides is 2. The first kappa shape index (κ1) is 21.4. The van der Waals surface area contributed by atoms with Gasteiger partial charge in [0.1, 0.15) is 18.6 Å². The molecule has 1 aliphatic rings. The van der Waals surface area contributed by atoms with Crippen LogP contribution in [0.5, 0.6) is 0 Å². The van der Waals surface area contributed by atoms with Gasteiger partial charge in [-0.3, -0.25) is 9.69 Å². The van der Waals surface area contributed by atoms with Gasteiger partial charge in [0.15, 0.2) is 0 Å². The highest BCUT2D eigenvalue weighted by molar-refractivity contribution is 14.2. The van der Waals surface area contributed by atoms with Gasteiger partial charge in [-0.05, 0) is 5.53 Å². The fourth-order valence-corrected chi connectivity index (χ4v) is 3.23. The van der Waals surface area contributed by atoms with Gasteiger partial charge in [0.2, 0.25) is 0 Å². The molecule has 134 valence electrons. The molecule has 0 saturated carbocycles. The van der Waals surface area contributed by atoms with Crippen LogP contribution in [0.2, 0.25) is 0 Å². The number of rotatable bonds is 7. The number of carbonyl (C=O) groups excluding carboxylic acids is 2. The predicted molar refractivity (Wildman–Crippen MR) is 102 cm³/mol. The van der Waals surface area contributed by atoms with E-state index >= 15 is 0 Å². The molecule has 10 nitrogen and oxygen atoms in total. The fraction of sp³-hybridized carbons (Fsp3) is 0.667. The number of urea groups is 1. The number of azide groups is 1. The summed E-state index contributed by atoms with van der Waals surface area (Å²) in [5, 5.41) is 25.0. The first-order chi connectivity index (χ1) is 11.4. The van der Waals surface area contributed by atoms with Gasteiger partial charge in [-0.2, -0.15) is 0 Å². The van der Waals surface area contributed by atoms with Crippen molar-refractivity contribution in [3.05, 3.63) is 22.2 Å². The van der Waals surface area contributed by atoms with Gasteiger partial charge in [0.25, 0.3) is 0 Å². The Hall–Kier alpha value is -0.670. The van der Waals surface area contributed by atoms with Crippen molar-refractivity contribution in [1.29, 1.82) is 0 Å². The van der Waals surface area contributed by atoms with E-state index in [9.17, 15) is 14.7 Å². The molecule has 0 aromatic rings. The summed E-state index contributed by atoms with van der Waals surface area (Å²) in [5.41, 5.74) is 8.76. The number of hydrogen-bond donors (Lipinski definition) is 3. The molecule has 1 saturated heterocycles. The minimum absolute atomic E-state index is 0.0748. The quantitative estimate of drug-likeness (QED) is 0.0804. The third-order valence-electron chi connectivity index (χ3n) is 3.32. The van der Waals surface area contributed by atoms with Gasteiger partial charge in [0, 0.05) is 30.2 Å². The van der Waals surface area contributed by atoms with Crippen LogP contribution >= 0.6 is 45.2 Å². The molecule has 1 rings (SSSR count). The number of aliphatic hydroxyl groups excluding tert-OH is 2. The number of ether oxygens (including phenoxy) is 1. The van der Waals surface area contributed by atoms with Crippen LogP contribution in [0.3, 0.4) is 0 Å². The normalized spacial score (nSPS) is 25.1. The Balaban J connectivity index is 3.17. The molecule has 2 amide bonds. The monoisotopic (exact) mass is 565 g/mol. The second-order valence-corrected chi connectivity index (χ2v) is 9.88. The van der Waals surface area contributed by atoms with Crippen LogP contribution in [-0.2, 0) is 9.53 Å². The Morgan fingerprint density at radius 2 is 2.29 bits per heavy atom. The lowest BCUT2D eigenvalue weighted by Gasteiger charge is -2.26. The van der Waals surface area contributed by atoms with Crippen molar-refractivity contribution in [2.45, 2.75) is 32.8 Å². The summed E-state index contributed by atoms with van der Waals surface area (Å²) in [4.78, 5) is 27.4. The zero-order valence-electron chi connectivity index (χ0n) is 12.6. The Labute approximate surface area is 165 Å². The molecule has 12 heteroatoms.